The molecule has 0 aliphatic carbocycles. The molecule has 0 spiro atoms. The maximum Gasteiger partial charge on any atom is 0.205 e. The van der Waals surface area contributed by atoms with E-state index in [1.165, 1.54) is 24.4 Å². The SMILES string of the molecule is N#C/C(=C\c1ccccc1)C(=O)c1c[nH]c2cc(F)ccc12. The maximum atomic E-state index is 13.2. The number of benzene rings is 2. The van der Waals surface area contributed by atoms with Crippen LogP contribution < -0.4 is 0 Å². The fraction of sp³-hybridized carbons (Fsp3) is 0. The molecule has 0 atom stereocenters. The van der Waals surface area contributed by atoms with Gasteiger partial charge in [0.1, 0.15) is 17.5 Å². The van der Waals surface area contributed by atoms with Gasteiger partial charge in [-0.15, -0.1) is 0 Å². The summed E-state index contributed by atoms with van der Waals surface area (Å²) in [6.45, 7) is 0. The molecule has 1 heterocycles. The van der Waals surface area contributed by atoms with Gasteiger partial charge in [0.05, 0.1) is 0 Å². The van der Waals surface area contributed by atoms with E-state index >= 15 is 0 Å². The summed E-state index contributed by atoms with van der Waals surface area (Å²) in [7, 11) is 0. The summed E-state index contributed by atoms with van der Waals surface area (Å²) >= 11 is 0. The average Bonchev–Trinajstić information content (AvgIpc) is 2.95. The molecule has 4 heteroatoms. The van der Waals surface area contributed by atoms with Gasteiger partial charge in [0, 0.05) is 22.7 Å². The standard InChI is InChI=1S/C18H11FN2O/c19-14-6-7-15-16(11-21-17(15)9-14)18(22)13(10-20)8-12-4-2-1-3-5-12/h1-9,11,21H/b13-8+. The van der Waals surface area contributed by atoms with Crippen LogP contribution in [0, 0.1) is 17.1 Å². The molecule has 3 aromatic rings. The number of H-pyrrole nitrogens is 1. The zero-order valence-electron chi connectivity index (χ0n) is 11.5. The van der Waals surface area contributed by atoms with Gasteiger partial charge in [-0.05, 0) is 29.8 Å². The number of aromatic nitrogens is 1. The first-order valence-electron chi connectivity index (χ1n) is 6.67. The molecule has 0 bridgehead atoms. The van der Waals surface area contributed by atoms with Crippen LogP contribution >= 0.6 is 0 Å². The summed E-state index contributed by atoms with van der Waals surface area (Å²) in [5.74, 6) is -0.766. The molecule has 3 rings (SSSR count). The van der Waals surface area contributed by atoms with E-state index in [9.17, 15) is 14.4 Å². The van der Waals surface area contributed by atoms with Gasteiger partial charge >= 0.3 is 0 Å². The van der Waals surface area contributed by atoms with Crippen LogP contribution in [-0.4, -0.2) is 10.8 Å². The van der Waals surface area contributed by atoms with Gasteiger partial charge in [0.2, 0.25) is 5.78 Å². The van der Waals surface area contributed by atoms with Crippen molar-refractivity contribution in [1.29, 1.82) is 5.26 Å². The van der Waals surface area contributed by atoms with Crippen LogP contribution in [0.1, 0.15) is 15.9 Å². The molecule has 0 aliphatic heterocycles. The Bertz CT molecular complexity index is 917. The second-order valence-corrected chi connectivity index (χ2v) is 4.80. The van der Waals surface area contributed by atoms with E-state index in [0.29, 0.717) is 16.5 Å². The van der Waals surface area contributed by atoms with Gasteiger partial charge in [-0.3, -0.25) is 4.79 Å². The minimum Gasteiger partial charge on any atom is -0.360 e. The number of carbonyl (C=O) groups excluding carboxylic acids is 1. The molecule has 0 amide bonds. The fourth-order valence-corrected chi connectivity index (χ4v) is 2.30. The number of rotatable bonds is 3. The predicted octanol–water partition coefficient (Wildman–Crippen LogP) is 4.10. The number of nitrogens with one attached hydrogen (secondary N) is 1. The van der Waals surface area contributed by atoms with Gasteiger partial charge in [0.25, 0.3) is 0 Å². The lowest BCUT2D eigenvalue weighted by atomic mass is 10.0. The van der Waals surface area contributed by atoms with E-state index in [2.05, 4.69) is 4.98 Å². The number of nitrogens with zero attached hydrogens (tertiary/aromatic N) is 1. The molecule has 0 unspecified atom stereocenters. The molecular formula is C18H11FN2O. The first kappa shape index (κ1) is 13.8. The summed E-state index contributed by atoms with van der Waals surface area (Å²) < 4.78 is 13.2. The lowest BCUT2D eigenvalue weighted by molar-refractivity contribution is 0.104. The van der Waals surface area contributed by atoms with E-state index < -0.39 is 0 Å². The highest BCUT2D eigenvalue weighted by molar-refractivity contribution is 6.19. The second-order valence-electron chi connectivity index (χ2n) is 4.80. The highest BCUT2D eigenvalue weighted by atomic mass is 19.1. The highest BCUT2D eigenvalue weighted by Crippen LogP contribution is 2.22. The van der Waals surface area contributed by atoms with Crippen molar-refractivity contribution in [3.05, 3.63) is 77.2 Å². The number of halogens is 1. The van der Waals surface area contributed by atoms with Crippen molar-refractivity contribution in [2.24, 2.45) is 0 Å². The van der Waals surface area contributed by atoms with E-state index in [-0.39, 0.29) is 17.2 Å². The van der Waals surface area contributed by atoms with Crippen molar-refractivity contribution in [2.75, 3.05) is 0 Å². The summed E-state index contributed by atoms with van der Waals surface area (Å²) in [6, 6.07) is 15.2. The monoisotopic (exact) mass is 290 g/mol. The summed E-state index contributed by atoms with van der Waals surface area (Å²) in [4.78, 5) is 15.4. The first-order valence-corrected chi connectivity index (χ1v) is 6.67. The summed E-state index contributed by atoms with van der Waals surface area (Å²) in [5, 5.41) is 9.86. The summed E-state index contributed by atoms with van der Waals surface area (Å²) in [5.41, 5.74) is 1.70. The van der Waals surface area contributed by atoms with Gasteiger partial charge in [-0.2, -0.15) is 5.26 Å². The Morgan fingerprint density at radius 2 is 1.95 bits per heavy atom. The van der Waals surface area contributed by atoms with Crippen molar-refractivity contribution in [1.82, 2.24) is 4.98 Å². The molecule has 0 saturated carbocycles. The third-order valence-electron chi connectivity index (χ3n) is 3.36. The third-order valence-corrected chi connectivity index (χ3v) is 3.36. The molecule has 106 valence electrons. The van der Waals surface area contributed by atoms with Crippen LogP contribution in [0.25, 0.3) is 17.0 Å². The van der Waals surface area contributed by atoms with Crippen molar-refractivity contribution >= 4 is 22.8 Å². The average molecular weight is 290 g/mol. The van der Waals surface area contributed by atoms with Crippen LogP contribution in [0.5, 0.6) is 0 Å². The molecule has 1 N–H and O–H groups in total. The predicted molar refractivity (Wildman–Crippen MR) is 82.6 cm³/mol. The zero-order valence-corrected chi connectivity index (χ0v) is 11.5. The molecule has 0 radical (unpaired) electrons. The fourth-order valence-electron chi connectivity index (χ4n) is 2.30. The Hall–Kier alpha value is -3.19. The number of carbonyl (C=O) groups is 1. The van der Waals surface area contributed by atoms with Crippen molar-refractivity contribution in [2.45, 2.75) is 0 Å². The van der Waals surface area contributed by atoms with Crippen LogP contribution in [-0.2, 0) is 0 Å². The minimum absolute atomic E-state index is 0.0384. The highest BCUT2D eigenvalue weighted by Gasteiger charge is 2.16. The number of fused-ring (bicyclic) bond motifs is 1. The molecule has 1 aromatic heterocycles. The van der Waals surface area contributed by atoms with Gasteiger partial charge < -0.3 is 4.98 Å². The topological polar surface area (TPSA) is 56.6 Å². The molecular weight excluding hydrogens is 279 g/mol. The number of allylic oxidation sites excluding steroid dienone is 1. The van der Waals surface area contributed by atoms with Crippen LogP contribution in [0.2, 0.25) is 0 Å². The Morgan fingerprint density at radius 3 is 2.68 bits per heavy atom. The molecule has 3 nitrogen and oxygen atoms in total. The Labute approximate surface area is 126 Å². The largest absolute Gasteiger partial charge is 0.360 e. The minimum atomic E-state index is -0.385. The number of aromatic amines is 1. The number of ketones is 1. The van der Waals surface area contributed by atoms with Crippen molar-refractivity contribution in [3.8, 4) is 6.07 Å². The molecule has 0 fully saturated rings. The summed E-state index contributed by atoms with van der Waals surface area (Å²) in [6.07, 6.45) is 3.05. The van der Waals surface area contributed by atoms with Gasteiger partial charge in [-0.1, -0.05) is 30.3 Å². The Kier molecular flexibility index (Phi) is 3.55. The van der Waals surface area contributed by atoms with E-state index in [0.717, 1.165) is 5.56 Å². The lowest BCUT2D eigenvalue weighted by Crippen LogP contribution is -2.01. The Balaban J connectivity index is 2.04. The van der Waals surface area contributed by atoms with Crippen LogP contribution in [0.3, 0.4) is 0 Å². The van der Waals surface area contributed by atoms with Crippen molar-refractivity contribution in [3.63, 3.8) is 0 Å². The van der Waals surface area contributed by atoms with Crippen LogP contribution in [0.15, 0.2) is 60.3 Å². The maximum absolute atomic E-state index is 13.2. The van der Waals surface area contributed by atoms with Gasteiger partial charge in [-0.25, -0.2) is 4.39 Å². The lowest BCUT2D eigenvalue weighted by Gasteiger charge is -1.99. The third kappa shape index (κ3) is 2.52. The quantitative estimate of drug-likeness (QED) is 0.448. The second kappa shape index (κ2) is 5.66. The van der Waals surface area contributed by atoms with E-state index in [1.807, 2.05) is 36.4 Å². The number of hydrogen-bond acceptors (Lipinski definition) is 2. The van der Waals surface area contributed by atoms with Crippen LogP contribution in [0.4, 0.5) is 4.39 Å². The Morgan fingerprint density at radius 1 is 1.18 bits per heavy atom. The van der Waals surface area contributed by atoms with Crippen molar-refractivity contribution < 1.29 is 9.18 Å². The van der Waals surface area contributed by atoms with E-state index in [1.54, 1.807) is 6.08 Å². The first-order chi connectivity index (χ1) is 10.7. The van der Waals surface area contributed by atoms with Gasteiger partial charge in [0.15, 0.2) is 0 Å². The zero-order chi connectivity index (χ0) is 15.5. The molecule has 0 aliphatic rings. The molecule has 0 saturated heterocycles. The number of nitriles is 1. The normalized spacial score (nSPS) is 11.4. The van der Waals surface area contributed by atoms with E-state index in [4.69, 9.17) is 0 Å². The smallest absolute Gasteiger partial charge is 0.205 e. The molecule has 2 aromatic carbocycles. The number of Topliss-reactive ketones (excluding diaryl/α,β-unsaturated/α-hetero) is 1. The molecule has 22 heavy (non-hydrogen) atoms. The number of hydrogen-bond donors (Lipinski definition) is 1.